The molecule has 1 saturated heterocycles. The quantitative estimate of drug-likeness (QED) is 0.887. The molecule has 2 heterocycles. The van der Waals surface area contributed by atoms with E-state index in [4.69, 9.17) is 0 Å². The summed E-state index contributed by atoms with van der Waals surface area (Å²) in [6, 6.07) is 4.61. The number of piperidine rings is 1. The van der Waals surface area contributed by atoms with Gasteiger partial charge in [0.15, 0.2) is 0 Å². The Hall–Kier alpha value is -0.870. The van der Waals surface area contributed by atoms with Gasteiger partial charge < -0.3 is 10.2 Å². The highest BCUT2D eigenvalue weighted by Gasteiger charge is 2.17. The minimum Gasteiger partial charge on any atom is -0.353 e. The molecule has 1 amide bonds. The molecule has 0 aliphatic carbocycles. The number of hydrogen-bond donors (Lipinski definition) is 1. The van der Waals surface area contributed by atoms with E-state index in [2.05, 4.69) is 34.8 Å². The van der Waals surface area contributed by atoms with Crippen molar-refractivity contribution in [2.24, 2.45) is 0 Å². The molecule has 1 aliphatic heterocycles. The molecule has 1 aromatic heterocycles. The summed E-state index contributed by atoms with van der Waals surface area (Å²) in [5, 5.41) is 5.25. The van der Waals surface area contributed by atoms with Gasteiger partial charge in [-0.1, -0.05) is 6.07 Å². The molecule has 0 saturated carbocycles. The monoisotopic (exact) mass is 266 g/mol. The van der Waals surface area contributed by atoms with E-state index in [1.54, 1.807) is 11.3 Å². The topological polar surface area (TPSA) is 32.3 Å². The number of hydrogen-bond acceptors (Lipinski definition) is 3. The van der Waals surface area contributed by atoms with Crippen LogP contribution in [0.2, 0.25) is 0 Å². The minimum absolute atomic E-state index is 0.223. The first-order valence-corrected chi connectivity index (χ1v) is 7.62. The van der Waals surface area contributed by atoms with E-state index in [1.807, 2.05) is 0 Å². The second kappa shape index (κ2) is 6.90. The number of nitrogens with one attached hydrogen (secondary N) is 1. The molecule has 0 bridgehead atoms. The Morgan fingerprint density at radius 1 is 1.50 bits per heavy atom. The van der Waals surface area contributed by atoms with E-state index in [0.29, 0.717) is 12.5 Å². The standard InChI is InChI=1S/C14H22N2OS/c1-16-9-7-12(8-10-16)15-14(17)6-2-4-13-5-3-11-18-13/h3,5,11-12H,2,4,6-10H2,1H3,(H,15,17). The summed E-state index contributed by atoms with van der Waals surface area (Å²) < 4.78 is 0. The van der Waals surface area contributed by atoms with Crippen LogP contribution >= 0.6 is 11.3 Å². The highest BCUT2D eigenvalue weighted by molar-refractivity contribution is 7.09. The van der Waals surface area contributed by atoms with Gasteiger partial charge in [0.2, 0.25) is 5.91 Å². The number of carbonyl (C=O) groups excluding carboxylic acids is 1. The van der Waals surface area contributed by atoms with Crippen LogP contribution in [0, 0.1) is 0 Å². The Kier molecular flexibility index (Phi) is 5.20. The molecule has 100 valence electrons. The lowest BCUT2D eigenvalue weighted by molar-refractivity contribution is -0.122. The van der Waals surface area contributed by atoms with Crippen molar-refractivity contribution in [3.05, 3.63) is 22.4 Å². The molecular weight excluding hydrogens is 244 g/mol. The van der Waals surface area contributed by atoms with E-state index >= 15 is 0 Å². The summed E-state index contributed by atoms with van der Waals surface area (Å²) in [5.41, 5.74) is 0. The summed E-state index contributed by atoms with van der Waals surface area (Å²) in [6.45, 7) is 2.19. The Labute approximate surface area is 113 Å². The summed E-state index contributed by atoms with van der Waals surface area (Å²) in [7, 11) is 2.14. The Morgan fingerprint density at radius 2 is 2.28 bits per heavy atom. The smallest absolute Gasteiger partial charge is 0.220 e. The molecule has 1 aromatic rings. The van der Waals surface area contributed by atoms with E-state index in [9.17, 15) is 4.79 Å². The maximum atomic E-state index is 11.8. The van der Waals surface area contributed by atoms with E-state index in [-0.39, 0.29) is 5.91 Å². The van der Waals surface area contributed by atoms with Gasteiger partial charge in [-0.3, -0.25) is 4.79 Å². The molecular formula is C14H22N2OS. The molecule has 18 heavy (non-hydrogen) atoms. The molecule has 4 heteroatoms. The van der Waals surface area contributed by atoms with Crippen molar-refractivity contribution in [3.63, 3.8) is 0 Å². The summed E-state index contributed by atoms with van der Waals surface area (Å²) in [5.74, 6) is 0.223. The zero-order valence-electron chi connectivity index (χ0n) is 11.0. The fourth-order valence-electron chi connectivity index (χ4n) is 2.33. The molecule has 1 fully saturated rings. The van der Waals surface area contributed by atoms with Crippen molar-refractivity contribution < 1.29 is 4.79 Å². The van der Waals surface area contributed by atoms with Gasteiger partial charge in [-0.25, -0.2) is 0 Å². The van der Waals surface area contributed by atoms with Crippen LogP contribution in [0.3, 0.4) is 0 Å². The predicted octanol–water partition coefficient (Wildman–Crippen LogP) is 2.28. The third-order valence-electron chi connectivity index (χ3n) is 3.49. The van der Waals surface area contributed by atoms with Crippen LogP contribution in [0.1, 0.15) is 30.6 Å². The number of aryl methyl sites for hydroxylation is 1. The molecule has 0 spiro atoms. The van der Waals surface area contributed by atoms with Crippen molar-refractivity contribution >= 4 is 17.2 Å². The van der Waals surface area contributed by atoms with Crippen LogP contribution in [-0.4, -0.2) is 37.0 Å². The van der Waals surface area contributed by atoms with Gasteiger partial charge in [0, 0.05) is 17.3 Å². The lowest BCUT2D eigenvalue weighted by Gasteiger charge is -2.29. The highest BCUT2D eigenvalue weighted by Crippen LogP contribution is 2.12. The first-order chi connectivity index (χ1) is 8.74. The number of rotatable bonds is 5. The fourth-order valence-corrected chi connectivity index (χ4v) is 3.08. The molecule has 0 radical (unpaired) electrons. The normalized spacial score (nSPS) is 17.8. The van der Waals surface area contributed by atoms with Crippen molar-refractivity contribution in [1.29, 1.82) is 0 Å². The zero-order valence-corrected chi connectivity index (χ0v) is 11.8. The molecule has 1 N–H and O–H groups in total. The van der Waals surface area contributed by atoms with Gasteiger partial charge in [-0.2, -0.15) is 0 Å². The maximum absolute atomic E-state index is 11.8. The van der Waals surface area contributed by atoms with Gasteiger partial charge in [-0.15, -0.1) is 11.3 Å². The first kappa shape index (κ1) is 13.6. The summed E-state index contributed by atoms with van der Waals surface area (Å²) in [4.78, 5) is 15.5. The fraction of sp³-hybridized carbons (Fsp3) is 0.643. The van der Waals surface area contributed by atoms with Gasteiger partial charge in [0.05, 0.1) is 0 Å². The van der Waals surface area contributed by atoms with Crippen molar-refractivity contribution in [2.45, 2.75) is 38.1 Å². The Morgan fingerprint density at radius 3 is 2.94 bits per heavy atom. The Balaban J connectivity index is 1.60. The van der Waals surface area contributed by atoms with Crippen molar-refractivity contribution in [3.8, 4) is 0 Å². The van der Waals surface area contributed by atoms with Crippen LogP contribution in [0.25, 0.3) is 0 Å². The summed E-state index contributed by atoms with van der Waals surface area (Å²) >= 11 is 1.77. The molecule has 0 aromatic carbocycles. The molecule has 0 unspecified atom stereocenters. The van der Waals surface area contributed by atoms with E-state index in [1.165, 1.54) is 4.88 Å². The SMILES string of the molecule is CN1CCC(NC(=O)CCCc2cccs2)CC1. The average molecular weight is 266 g/mol. The third kappa shape index (κ3) is 4.42. The van der Waals surface area contributed by atoms with Crippen LogP contribution in [0.5, 0.6) is 0 Å². The third-order valence-corrected chi connectivity index (χ3v) is 4.43. The van der Waals surface area contributed by atoms with Crippen LogP contribution < -0.4 is 5.32 Å². The number of nitrogens with zero attached hydrogens (tertiary/aromatic N) is 1. The van der Waals surface area contributed by atoms with E-state index < -0.39 is 0 Å². The summed E-state index contributed by atoms with van der Waals surface area (Å²) in [6.07, 6.45) is 4.82. The van der Waals surface area contributed by atoms with E-state index in [0.717, 1.165) is 38.8 Å². The predicted molar refractivity (Wildman–Crippen MR) is 75.9 cm³/mol. The second-order valence-electron chi connectivity index (χ2n) is 5.08. The first-order valence-electron chi connectivity index (χ1n) is 6.74. The van der Waals surface area contributed by atoms with Gasteiger partial charge in [-0.05, 0) is 57.3 Å². The molecule has 3 nitrogen and oxygen atoms in total. The zero-order chi connectivity index (χ0) is 12.8. The van der Waals surface area contributed by atoms with Crippen molar-refractivity contribution in [2.75, 3.05) is 20.1 Å². The largest absolute Gasteiger partial charge is 0.353 e. The Bertz CT molecular complexity index is 356. The lowest BCUT2D eigenvalue weighted by atomic mass is 10.1. The number of likely N-dealkylation sites (tertiary alicyclic amines) is 1. The van der Waals surface area contributed by atoms with Gasteiger partial charge >= 0.3 is 0 Å². The number of thiophene rings is 1. The van der Waals surface area contributed by atoms with Crippen LogP contribution in [-0.2, 0) is 11.2 Å². The molecule has 2 rings (SSSR count). The van der Waals surface area contributed by atoms with Crippen LogP contribution in [0.15, 0.2) is 17.5 Å². The average Bonchev–Trinajstić information content (AvgIpc) is 2.85. The van der Waals surface area contributed by atoms with Gasteiger partial charge in [0.1, 0.15) is 0 Å². The molecule has 0 atom stereocenters. The number of amides is 1. The second-order valence-corrected chi connectivity index (χ2v) is 6.11. The van der Waals surface area contributed by atoms with Crippen LogP contribution in [0.4, 0.5) is 0 Å². The van der Waals surface area contributed by atoms with Crippen molar-refractivity contribution in [1.82, 2.24) is 10.2 Å². The lowest BCUT2D eigenvalue weighted by Crippen LogP contribution is -2.43. The minimum atomic E-state index is 0.223. The number of carbonyl (C=O) groups is 1. The maximum Gasteiger partial charge on any atom is 0.220 e. The highest BCUT2D eigenvalue weighted by atomic mass is 32.1. The molecule has 1 aliphatic rings. The van der Waals surface area contributed by atoms with Gasteiger partial charge in [0.25, 0.3) is 0 Å².